The molecule has 0 aromatic heterocycles. The molecule has 0 aliphatic heterocycles. The molecule has 0 aliphatic rings. The summed E-state index contributed by atoms with van der Waals surface area (Å²) in [5.41, 5.74) is 0.916. The summed E-state index contributed by atoms with van der Waals surface area (Å²) in [4.78, 5) is 0. The van der Waals surface area contributed by atoms with Gasteiger partial charge < -0.3 is 4.74 Å². The molecule has 0 fully saturated rings. The molecule has 0 saturated carbocycles. The molecule has 0 radical (unpaired) electrons. The fraction of sp³-hybridized carbons (Fsp3) is 0.500. The highest BCUT2D eigenvalue weighted by Gasteiger charge is 2.05. The van der Waals surface area contributed by atoms with Gasteiger partial charge in [0.25, 0.3) is 0 Å². The molecular formula is C14H18FNO. The van der Waals surface area contributed by atoms with Crippen LogP contribution < -0.4 is 0 Å². The minimum atomic E-state index is -0.313. The lowest BCUT2D eigenvalue weighted by atomic mass is 10.1. The molecule has 92 valence electrons. The largest absolute Gasteiger partial charge is 0.376 e. The third-order valence-corrected chi connectivity index (χ3v) is 2.62. The number of halogens is 1. The Morgan fingerprint density at radius 3 is 2.88 bits per heavy atom. The molecule has 1 aromatic rings. The van der Waals surface area contributed by atoms with Gasteiger partial charge in [-0.3, -0.25) is 0 Å². The highest BCUT2D eigenvalue weighted by atomic mass is 19.1. The Morgan fingerprint density at radius 1 is 1.47 bits per heavy atom. The first-order chi connectivity index (χ1) is 8.17. The van der Waals surface area contributed by atoms with Crippen LogP contribution >= 0.6 is 0 Å². The minimum absolute atomic E-state index is 0.232. The van der Waals surface area contributed by atoms with Crippen molar-refractivity contribution in [3.05, 3.63) is 35.1 Å². The van der Waals surface area contributed by atoms with Crippen LogP contribution in [0.5, 0.6) is 0 Å². The molecule has 0 amide bonds. The van der Waals surface area contributed by atoms with Gasteiger partial charge in [-0.25, -0.2) is 4.39 Å². The number of benzene rings is 1. The summed E-state index contributed by atoms with van der Waals surface area (Å²) in [5.74, 6) is 0.175. The van der Waals surface area contributed by atoms with E-state index in [1.807, 2.05) is 6.07 Å². The van der Waals surface area contributed by atoms with Crippen molar-refractivity contribution in [1.29, 1.82) is 5.26 Å². The van der Waals surface area contributed by atoms with E-state index >= 15 is 0 Å². The van der Waals surface area contributed by atoms with Crippen molar-refractivity contribution in [2.75, 3.05) is 6.61 Å². The number of hydrogen-bond donors (Lipinski definition) is 0. The van der Waals surface area contributed by atoms with Gasteiger partial charge in [0.05, 0.1) is 18.2 Å². The first kappa shape index (κ1) is 13.7. The minimum Gasteiger partial charge on any atom is -0.376 e. The number of nitrogens with zero attached hydrogens (tertiary/aromatic N) is 1. The second-order valence-electron chi connectivity index (χ2n) is 4.33. The molecule has 0 N–H and O–H groups in total. The van der Waals surface area contributed by atoms with Gasteiger partial charge >= 0.3 is 0 Å². The van der Waals surface area contributed by atoms with E-state index < -0.39 is 0 Å². The normalized spacial score (nSPS) is 12.1. The van der Waals surface area contributed by atoms with Gasteiger partial charge in [-0.2, -0.15) is 5.26 Å². The summed E-state index contributed by atoms with van der Waals surface area (Å²) < 4.78 is 18.9. The summed E-state index contributed by atoms with van der Waals surface area (Å²) in [6.07, 6.45) is 2.24. The van der Waals surface area contributed by atoms with E-state index in [9.17, 15) is 4.39 Å². The first-order valence-corrected chi connectivity index (χ1v) is 5.93. The topological polar surface area (TPSA) is 33.0 Å². The lowest BCUT2D eigenvalue weighted by Crippen LogP contribution is -2.06. The summed E-state index contributed by atoms with van der Waals surface area (Å²) in [7, 11) is 0. The van der Waals surface area contributed by atoms with Crippen LogP contribution in [0.3, 0.4) is 0 Å². The molecule has 0 aliphatic carbocycles. The fourth-order valence-electron chi connectivity index (χ4n) is 1.70. The lowest BCUT2D eigenvalue weighted by Gasteiger charge is -2.11. The quantitative estimate of drug-likeness (QED) is 0.754. The molecule has 0 spiro atoms. The van der Waals surface area contributed by atoms with E-state index in [0.29, 0.717) is 23.7 Å². The molecule has 3 heteroatoms. The summed E-state index contributed by atoms with van der Waals surface area (Å²) in [6.45, 7) is 5.11. The van der Waals surface area contributed by atoms with E-state index in [-0.39, 0.29) is 12.4 Å². The second-order valence-corrected chi connectivity index (χ2v) is 4.33. The van der Waals surface area contributed by atoms with Crippen LogP contribution in [0.4, 0.5) is 4.39 Å². The highest BCUT2D eigenvalue weighted by molar-refractivity contribution is 5.33. The smallest absolute Gasteiger partial charge is 0.128 e. The highest BCUT2D eigenvalue weighted by Crippen LogP contribution is 2.13. The van der Waals surface area contributed by atoms with E-state index in [1.54, 1.807) is 6.07 Å². The van der Waals surface area contributed by atoms with E-state index in [0.717, 1.165) is 12.8 Å². The van der Waals surface area contributed by atoms with Crippen molar-refractivity contribution in [2.45, 2.75) is 33.3 Å². The number of rotatable bonds is 6. The zero-order chi connectivity index (χ0) is 12.7. The average Bonchev–Trinajstić information content (AvgIpc) is 2.32. The van der Waals surface area contributed by atoms with Crippen molar-refractivity contribution in [2.24, 2.45) is 5.92 Å². The first-order valence-electron chi connectivity index (χ1n) is 5.93. The maximum Gasteiger partial charge on any atom is 0.128 e. The Bertz CT molecular complexity index is 398. The van der Waals surface area contributed by atoms with Crippen LogP contribution in [0.25, 0.3) is 0 Å². The van der Waals surface area contributed by atoms with Crippen LogP contribution in [0.15, 0.2) is 18.2 Å². The van der Waals surface area contributed by atoms with Crippen molar-refractivity contribution in [3.63, 3.8) is 0 Å². The molecule has 1 unspecified atom stereocenters. The molecule has 1 aromatic carbocycles. The average molecular weight is 235 g/mol. The molecule has 17 heavy (non-hydrogen) atoms. The maximum absolute atomic E-state index is 13.4. The van der Waals surface area contributed by atoms with Gasteiger partial charge in [-0.1, -0.05) is 20.3 Å². The van der Waals surface area contributed by atoms with Gasteiger partial charge in [0.2, 0.25) is 0 Å². The second kappa shape index (κ2) is 7.03. The van der Waals surface area contributed by atoms with Crippen LogP contribution in [0, 0.1) is 23.1 Å². The van der Waals surface area contributed by atoms with E-state index in [2.05, 4.69) is 13.8 Å². The standard InChI is InChI=1S/C14H18FNO/c1-3-4-11(2)9-17-10-13-7-12(8-16)5-6-14(13)15/h5-7,11H,3-4,9-10H2,1-2H3. The molecule has 1 rings (SSSR count). The number of ether oxygens (including phenoxy) is 1. The molecule has 0 bridgehead atoms. The predicted octanol–water partition coefficient (Wildman–Crippen LogP) is 3.65. The lowest BCUT2D eigenvalue weighted by molar-refractivity contribution is 0.0874. The van der Waals surface area contributed by atoms with Crippen LogP contribution in [-0.2, 0) is 11.3 Å². The summed E-state index contributed by atoms with van der Waals surface area (Å²) in [6, 6.07) is 6.32. The van der Waals surface area contributed by atoms with Gasteiger partial charge in [0.1, 0.15) is 5.82 Å². The predicted molar refractivity (Wildman–Crippen MR) is 64.8 cm³/mol. The number of nitriles is 1. The van der Waals surface area contributed by atoms with E-state index in [4.69, 9.17) is 10.00 Å². The Balaban J connectivity index is 2.49. The third kappa shape index (κ3) is 4.54. The fourth-order valence-corrected chi connectivity index (χ4v) is 1.70. The Labute approximate surface area is 102 Å². The van der Waals surface area contributed by atoms with Gasteiger partial charge in [0, 0.05) is 12.2 Å². The Kier molecular flexibility index (Phi) is 5.65. The SMILES string of the molecule is CCCC(C)COCc1cc(C#N)ccc1F. The van der Waals surface area contributed by atoms with Crippen molar-refractivity contribution in [1.82, 2.24) is 0 Å². The van der Waals surface area contributed by atoms with Crippen LogP contribution in [-0.4, -0.2) is 6.61 Å². The maximum atomic E-state index is 13.4. The van der Waals surface area contributed by atoms with Crippen molar-refractivity contribution in [3.8, 4) is 6.07 Å². The monoisotopic (exact) mass is 235 g/mol. The van der Waals surface area contributed by atoms with Crippen LogP contribution in [0.1, 0.15) is 37.8 Å². The van der Waals surface area contributed by atoms with Crippen molar-refractivity contribution < 1.29 is 9.13 Å². The number of hydrogen-bond acceptors (Lipinski definition) is 2. The van der Waals surface area contributed by atoms with Crippen molar-refractivity contribution >= 4 is 0 Å². The van der Waals surface area contributed by atoms with Gasteiger partial charge in [-0.05, 0) is 30.5 Å². The molecule has 0 saturated heterocycles. The Hall–Kier alpha value is -1.40. The summed E-state index contributed by atoms with van der Waals surface area (Å²) in [5, 5.41) is 8.72. The third-order valence-electron chi connectivity index (χ3n) is 2.62. The Morgan fingerprint density at radius 2 is 2.24 bits per heavy atom. The van der Waals surface area contributed by atoms with E-state index in [1.165, 1.54) is 12.1 Å². The zero-order valence-electron chi connectivity index (χ0n) is 10.4. The summed E-state index contributed by atoms with van der Waals surface area (Å²) >= 11 is 0. The molecular weight excluding hydrogens is 217 g/mol. The van der Waals surface area contributed by atoms with Gasteiger partial charge in [0.15, 0.2) is 0 Å². The zero-order valence-corrected chi connectivity index (χ0v) is 10.4. The molecule has 1 atom stereocenters. The van der Waals surface area contributed by atoms with Crippen LogP contribution in [0.2, 0.25) is 0 Å². The van der Waals surface area contributed by atoms with Gasteiger partial charge in [-0.15, -0.1) is 0 Å². The molecule has 0 heterocycles. The molecule has 2 nitrogen and oxygen atoms in total.